The second kappa shape index (κ2) is 6.17. The number of hydrogen-bond acceptors (Lipinski definition) is 5. The number of nitrogens with zero attached hydrogens (tertiary/aromatic N) is 3. The number of carbonyl (C=O) groups excluding carboxylic acids is 1. The summed E-state index contributed by atoms with van der Waals surface area (Å²) in [6.45, 7) is 2.18. The molecule has 3 heterocycles. The molecule has 1 aliphatic heterocycles. The van der Waals surface area contributed by atoms with Gasteiger partial charge in [0.05, 0.1) is 37.1 Å². The van der Waals surface area contributed by atoms with Gasteiger partial charge in [0, 0.05) is 12.7 Å². The summed E-state index contributed by atoms with van der Waals surface area (Å²) in [4.78, 5) is 16.5. The van der Waals surface area contributed by atoms with Crippen LogP contribution in [-0.2, 0) is 27.9 Å². The number of carbonyl (C=O) groups is 1. The number of fused-ring (bicyclic) bond motifs is 1. The minimum absolute atomic E-state index is 0.00186. The van der Waals surface area contributed by atoms with Crippen molar-refractivity contribution in [1.82, 2.24) is 19.2 Å². The summed E-state index contributed by atoms with van der Waals surface area (Å²) in [7, 11) is -3.37. The summed E-state index contributed by atoms with van der Waals surface area (Å²) in [6.07, 6.45) is 4.68. The van der Waals surface area contributed by atoms with Gasteiger partial charge in [-0.05, 0) is 19.1 Å². The predicted molar refractivity (Wildman–Crippen MR) is 81.7 cm³/mol. The molecule has 1 atom stereocenters. The maximum Gasteiger partial charge on any atom is 0.244 e. The van der Waals surface area contributed by atoms with Crippen LogP contribution in [0.3, 0.4) is 0 Å². The molecule has 1 amide bonds. The summed E-state index contributed by atoms with van der Waals surface area (Å²) in [5.74, 6) is 0.372. The van der Waals surface area contributed by atoms with Crippen molar-refractivity contribution >= 4 is 15.9 Å². The van der Waals surface area contributed by atoms with Gasteiger partial charge in [-0.25, -0.2) is 13.4 Å². The Morgan fingerprint density at radius 1 is 1.52 bits per heavy atom. The van der Waals surface area contributed by atoms with Crippen LogP contribution in [0.4, 0.5) is 0 Å². The minimum Gasteiger partial charge on any atom is -0.467 e. The van der Waals surface area contributed by atoms with E-state index in [2.05, 4.69) is 10.3 Å². The van der Waals surface area contributed by atoms with Crippen molar-refractivity contribution < 1.29 is 17.6 Å². The number of amides is 1. The summed E-state index contributed by atoms with van der Waals surface area (Å²) < 4.78 is 32.5. The van der Waals surface area contributed by atoms with Crippen LogP contribution in [0.15, 0.2) is 35.3 Å². The Morgan fingerprint density at radius 3 is 3.04 bits per heavy atom. The zero-order valence-corrected chi connectivity index (χ0v) is 13.5. The molecule has 1 aliphatic rings. The standard InChI is InChI=1S/C14H18N4O4S/c1-2-23(20,21)17-8-11-6-15-10-18(11)13(9-17)14(19)16-7-12-4-3-5-22-12/h3-6,10,13H,2,7-9H2,1H3,(H,16,19)/t13-/m1/s1. The van der Waals surface area contributed by atoms with E-state index in [1.807, 2.05) is 0 Å². The first-order valence-corrected chi connectivity index (χ1v) is 8.91. The molecule has 1 N–H and O–H groups in total. The zero-order valence-electron chi connectivity index (χ0n) is 12.7. The fraction of sp³-hybridized carbons (Fsp3) is 0.429. The van der Waals surface area contributed by atoms with Gasteiger partial charge >= 0.3 is 0 Å². The van der Waals surface area contributed by atoms with Gasteiger partial charge in [-0.1, -0.05) is 0 Å². The van der Waals surface area contributed by atoms with Gasteiger partial charge in [-0.15, -0.1) is 0 Å². The van der Waals surface area contributed by atoms with E-state index in [1.165, 1.54) is 10.6 Å². The molecule has 124 valence electrons. The number of furan rings is 1. The molecule has 0 saturated carbocycles. The van der Waals surface area contributed by atoms with Crippen LogP contribution in [0, 0.1) is 0 Å². The highest BCUT2D eigenvalue weighted by atomic mass is 32.2. The van der Waals surface area contributed by atoms with Gasteiger partial charge in [0.1, 0.15) is 11.8 Å². The Morgan fingerprint density at radius 2 is 2.35 bits per heavy atom. The van der Waals surface area contributed by atoms with E-state index in [0.717, 1.165) is 0 Å². The van der Waals surface area contributed by atoms with E-state index in [-0.39, 0.29) is 31.3 Å². The molecule has 2 aromatic rings. The molecule has 0 radical (unpaired) electrons. The number of hydrogen-bond donors (Lipinski definition) is 1. The Hall–Kier alpha value is -2.13. The Bertz CT molecular complexity index is 782. The number of imidazole rings is 1. The first kappa shape index (κ1) is 15.8. The lowest BCUT2D eigenvalue weighted by Gasteiger charge is -2.32. The average molecular weight is 338 g/mol. The lowest BCUT2D eigenvalue weighted by molar-refractivity contribution is -0.125. The highest BCUT2D eigenvalue weighted by Crippen LogP contribution is 2.23. The highest BCUT2D eigenvalue weighted by molar-refractivity contribution is 7.89. The third kappa shape index (κ3) is 3.15. The maximum absolute atomic E-state index is 12.5. The molecule has 3 rings (SSSR count). The largest absolute Gasteiger partial charge is 0.467 e. The highest BCUT2D eigenvalue weighted by Gasteiger charge is 2.34. The average Bonchev–Trinajstić information content (AvgIpc) is 3.22. The number of nitrogens with one attached hydrogen (secondary N) is 1. The molecular formula is C14H18N4O4S. The fourth-order valence-corrected chi connectivity index (χ4v) is 3.63. The third-order valence-electron chi connectivity index (χ3n) is 3.87. The van der Waals surface area contributed by atoms with Gasteiger partial charge in [0.2, 0.25) is 15.9 Å². The fourth-order valence-electron chi connectivity index (χ4n) is 2.57. The molecule has 0 aliphatic carbocycles. The predicted octanol–water partition coefficient (Wildman–Crippen LogP) is 0.499. The molecule has 23 heavy (non-hydrogen) atoms. The minimum atomic E-state index is -3.37. The van der Waals surface area contributed by atoms with Crippen molar-refractivity contribution in [2.75, 3.05) is 12.3 Å². The van der Waals surface area contributed by atoms with Crippen LogP contribution in [0.25, 0.3) is 0 Å². The third-order valence-corrected chi connectivity index (χ3v) is 5.67. The van der Waals surface area contributed by atoms with Crippen LogP contribution in [0.2, 0.25) is 0 Å². The van der Waals surface area contributed by atoms with Crippen LogP contribution in [0.5, 0.6) is 0 Å². The van der Waals surface area contributed by atoms with E-state index < -0.39 is 16.1 Å². The Balaban J connectivity index is 1.78. The van der Waals surface area contributed by atoms with Gasteiger partial charge in [-0.3, -0.25) is 4.79 Å². The van der Waals surface area contributed by atoms with E-state index in [1.54, 1.807) is 36.1 Å². The molecule has 2 aromatic heterocycles. The second-order valence-electron chi connectivity index (χ2n) is 5.30. The Kier molecular flexibility index (Phi) is 4.22. The topological polar surface area (TPSA) is 97.4 Å². The van der Waals surface area contributed by atoms with Crippen molar-refractivity contribution in [2.45, 2.75) is 26.1 Å². The summed E-state index contributed by atoms with van der Waals surface area (Å²) >= 11 is 0. The molecule has 0 bridgehead atoms. The lowest BCUT2D eigenvalue weighted by Crippen LogP contribution is -2.46. The summed E-state index contributed by atoms with van der Waals surface area (Å²) in [6, 6.07) is 2.86. The summed E-state index contributed by atoms with van der Waals surface area (Å²) in [5, 5.41) is 2.77. The number of sulfonamides is 1. The van der Waals surface area contributed by atoms with Crippen molar-refractivity contribution in [3.63, 3.8) is 0 Å². The van der Waals surface area contributed by atoms with E-state index >= 15 is 0 Å². The molecular weight excluding hydrogens is 320 g/mol. The van der Waals surface area contributed by atoms with Crippen LogP contribution in [-0.4, -0.2) is 40.5 Å². The summed E-state index contributed by atoms with van der Waals surface area (Å²) in [5.41, 5.74) is 0.700. The zero-order chi connectivity index (χ0) is 16.4. The van der Waals surface area contributed by atoms with Gasteiger partial charge < -0.3 is 14.3 Å². The first-order chi connectivity index (χ1) is 11.0. The molecule has 8 nitrogen and oxygen atoms in total. The first-order valence-electron chi connectivity index (χ1n) is 7.30. The normalized spacial score (nSPS) is 18.6. The van der Waals surface area contributed by atoms with Crippen molar-refractivity contribution in [3.05, 3.63) is 42.4 Å². The molecule has 0 spiro atoms. The van der Waals surface area contributed by atoms with Gasteiger partial charge in [0.15, 0.2) is 0 Å². The van der Waals surface area contributed by atoms with E-state index in [0.29, 0.717) is 11.5 Å². The molecule has 0 aromatic carbocycles. The van der Waals surface area contributed by atoms with E-state index in [9.17, 15) is 13.2 Å². The van der Waals surface area contributed by atoms with Crippen molar-refractivity contribution in [3.8, 4) is 0 Å². The smallest absolute Gasteiger partial charge is 0.244 e. The molecule has 0 unspecified atom stereocenters. The van der Waals surface area contributed by atoms with Crippen molar-refractivity contribution in [2.24, 2.45) is 0 Å². The molecule has 0 saturated heterocycles. The van der Waals surface area contributed by atoms with Crippen molar-refractivity contribution in [1.29, 1.82) is 0 Å². The van der Waals surface area contributed by atoms with Gasteiger partial charge in [-0.2, -0.15) is 4.31 Å². The maximum atomic E-state index is 12.5. The van der Waals surface area contributed by atoms with Crippen LogP contribution >= 0.6 is 0 Å². The van der Waals surface area contributed by atoms with Crippen LogP contribution < -0.4 is 5.32 Å². The second-order valence-corrected chi connectivity index (χ2v) is 7.56. The molecule has 9 heteroatoms. The Labute approximate surface area is 134 Å². The lowest BCUT2D eigenvalue weighted by atomic mass is 10.2. The van der Waals surface area contributed by atoms with Gasteiger partial charge in [0.25, 0.3) is 0 Å². The van der Waals surface area contributed by atoms with E-state index in [4.69, 9.17) is 4.42 Å². The quantitative estimate of drug-likeness (QED) is 0.856. The van der Waals surface area contributed by atoms with Crippen LogP contribution in [0.1, 0.15) is 24.4 Å². The number of aromatic nitrogens is 2. The molecule has 0 fully saturated rings. The monoisotopic (exact) mass is 338 g/mol. The number of rotatable bonds is 5. The SMILES string of the molecule is CCS(=O)(=O)N1Cc2cncn2[C@@H](C(=O)NCc2ccco2)C1.